The van der Waals surface area contributed by atoms with Gasteiger partial charge in [-0.1, -0.05) is 18.2 Å². The Kier molecular flexibility index (Phi) is 4.51. The molecule has 1 heterocycles. The lowest BCUT2D eigenvalue weighted by atomic mass is 10.0. The smallest absolute Gasteiger partial charge is 0.251 e. The molecule has 0 saturated carbocycles. The number of furan rings is 1. The Labute approximate surface area is 146 Å². The molecule has 0 bridgehead atoms. The first kappa shape index (κ1) is 17.0. The monoisotopic (exact) mass is 338 g/mol. The van der Waals surface area contributed by atoms with Crippen LogP contribution in [-0.4, -0.2) is 31.7 Å². The van der Waals surface area contributed by atoms with Crippen LogP contribution in [0, 0.1) is 0 Å². The number of fused-ring (bicyclic) bond motifs is 1. The number of aliphatic hydroxyl groups is 1. The van der Waals surface area contributed by atoms with Gasteiger partial charge in [0, 0.05) is 30.7 Å². The van der Waals surface area contributed by atoms with E-state index in [9.17, 15) is 9.90 Å². The molecule has 130 valence electrons. The van der Waals surface area contributed by atoms with Gasteiger partial charge in [0.1, 0.15) is 16.9 Å². The maximum absolute atomic E-state index is 12.3. The number of amides is 1. The van der Waals surface area contributed by atoms with E-state index in [-0.39, 0.29) is 12.5 Å². The molecular formula is C20H22N2O3. The lowest BCUT2D eigenvalue weighted by Gasteiger charge is -2.21. The summed E-state index contributed by atoms with van der Waals surface area (Å²) in [7, 11) is 3.89. The molecule has 1 unspecified atom stereocenters. The van der Waals surface area contributed by atoms with Gasteiger partial charge in [0.25, 0.3) is 5.91 Å². The third-order valence-corrected chi connectivity index (χ3v) is 4.20. The summed E-state index contributed by atoms with van der Waals surface area (Å²) in [4.78, 5) is 14.3. The lowest BCUT2D eigenvalue weighted by Crippen LogP contribution is -2.38. The molecule has 1 aromatic heterocycles. The fraction of sp³-hybridized carbons (Fsp3) is 0.250. The predicted octanol–water partition coefficient (Wildman–Crippen LogP) is 3.14. The minimum atomic E-state index is -1.29. The highest BCUT2D eigenvalue weighted by Gasteiger charge is 2.28. The number of nitrogens with zero attached hydrogens (tertiary/aromatic N) is 1. The zero-order chi connectivity index (χ0) is 18.0. The molecule has 0 aliphatic heterocycles. The molecule has 0 fully saturated rings. The Hall–Kier alpha value is -2.79. The SMILES string of the molecule is CN(C)c1ccc(C(=O)NCC(C)(O)c2cc3ccccc3o2)cc1. The number of carbonyl (C=O) groups excluding carboxylic acids is 1. The standard InChI is InChI=1S/C20H22N2O3/c1-20(24,18-12-15-6-4-5-7-17(15)25-18)13-21-19(23)14-8-10-16(11-9-14)22(2)3/h4-12,24H,13H2,1-3H3,(H,21,23). The van der Waals surface area contributed by atoms with Crippen LogP contribution in [0.3, 0.4) is 0 Å². The van der Waals surface area contributed by atoms with Crippen LogP contribution in [0.25, 0.3) is 11.0 Å². The van der Waals surface area contributed by atoms with E-state index in [1.165, 1.54) is 0 Å². The van der Waals surface area contributed by atoms with Crippen LogP contribution in [0.15, 0.2) is 59.0 Å². The third-order valence-electron chi connectivity index (χ3n) is 4.20. The highest BCUT2D eigenvalue weighted by atomic mass is 16.4. The van der Waals surface area contributed by atoms with Crippen LogP contribution in [-0.2, 0) is 5.60 Å². The molecule has 3 rings (SSSR count). The molecule has 1 atom stereocenters. The molecule has 2 N–H and O–H groups in total. The number of para-hydroxylation sites is 1. The minimum absolute atomic E-state index is 0.0566. The van der Waals surface area contributed by atoms with Crippen LogP contribution in [0.5, 0.6) is 0 Å². The number of anilines is 1. The molecule has 2 aromatic carbocycles. The van der Waals surface area contributed by atoms with Gasteiger partial charge in [-0.15, -0.1) is 0 Å². The molecule has 5 heteroatoms. The third kappa shape index (κ3) is 3.67. The van der Waals surface area contributed by atoms with Gasteiger partial charge in [0.05, 0.1) is 6.54 Å². The van der Waals surface area contributed by atoms with Gasteiger partial charge < -0.3 is 19.7 Å². The summed E-state index contributed by atoms with van der Waals surface area (Å²) in [5.74, 6) is 0.193. The molecule has 0 aliphatic carbocycles. The first-order chi connectivity index (χ1) is 11.9. The number of hydrogen-bond donors (Lipinski definition) is 2. The fourth-order valence-corrected chi connectivity index (χ4v) is 2.60. The van der Waals surface area contributed by atoms with Gasteiger partial charge in [0.2, 0.25) is 0 Å². The first-order valence-electron chi connectivity index (χ1n) is 8.14. The van der Waals surface area contributed by atoms with Crippen molar-refractivity contribution < 1.29 is 14.3 Å². The topological polar surface area (TPSA) is 65.7 Å². The Balaban J connectivity index is 1.69. The van der Waals surface area contributed by atoms with Crippen LogP contribution >= 0.6 is 0 Å². The molecule has 3 aromatic rings. The summed E-state index contributed by atoms with van der Waals surface area (Å²) >= 11 is 0. The van der Waals surface area contributed by atoms with Crippen molar-refractivity contribution in [3.8, 4) is 0 Å². The second-order valence-corrected chi connectivity index (χ2v) is 6.55. The Morgan fingerprint density at radius 3 is 2.48 bits per heavy atom. The highest BCUT2D eigenvalue weighted by molar-refractivity contribution is 5.94. The van der Waals surface area contributed by atoms with Gasteiger partial charge in [-0.3, -0.25) is 4.79 Å². The fourth-order valence-electron chi connectivity index (χ4n) is 2.60. The maximum atomic E-state index is 12.3. The van der Waals surface area contributed by atoms with Crippen molar-refractivity contribution in [3.05, 3.63) is 65.9 Å². The first-order valence-corrected chi connectivity index (χ1v) is 8.14. The summed E-state index contributed by atoms with van der Waals surface area (Å²) in [5.41, 5.74) is 0.985. The van der Waals surface area contributed by atoms with E-state index in [4.69, 9.17) is 4.42 Å². The molecule has 5 nitrogen and oxygen atoms in total. The molecule has 1 amide bonds. The zero-order valence-electron chi connectivity index (χ0n) is 14.6. The summed E-state index contributed by atoms with van der Waals surface area (Å²) in [6.45, 7) is 1.68. The van der Waals surface area contributed by atoms with E-state index < -0.39 is 5.60 Å². The van der Waals surface area contributed by atoms with Gasteiger partial charge in [-0.25, -0.2) is 0 Å². The van der Waals surface area contributed by atoms with E-state index in [1.807, 2.05) is 55.4 Å². The summed E-state index contributed by atoms with van der Waals surface area (Å²) in [6, 6.07) is 16.6. The molecule has 0 radical (unpaired) electrons. The van der Waals surface area contributed by atoms with Crippen molar-refractivity contribution in [1.29, 1.82) is 0 Å². The summed E-state index contributed by atoms with van der Waals surface area (Å²) < 4.78 is 5.71. The normalized spacial score (nSPS) is 13.4. The predicted molar refractivity (Wildman–Crippen MR) is 98.9 cm³/mol. The number of benzene rings is 2. The molecule has 0 saturated heterocycles. The molecule has 0 aliphatic rings. The average molecular weight is 338 g/mol. The second kappa shape index (κ2) is 6.61. The van der Waals surface area contributed by atoms with E-state index in [1.54, 1.807) is 25.1 Å². The van der Waals surface area contributed by atoms with E-state index in [0.717, 1.165) is 11.1 Å². The number of hydrogen-bond acceptors (Lipinski definition) is 4. The second-order valence-electron chi connectivity index (χ2n) is 6.55. The van der Waals surface area contributed by atoms with Crippen molar-refractivity contribution >= 4 is 22.6 Å². The van der Waals surface area contributed by atoms with E-state index in [0.29, 0.717) is 16.9 Å². The Bertz CT molecular complexity index is 846. The van der Waals surface area contributed by atoms with Crippen LogP contribution in [0.4, 0.5) is 5.69 Å². The van der Waals surface area contributed by atoms with Crippen molar-refractivity contribution in [1.82, 2.24) is 5.32 Å². The van der Waals surface area contributed by atoms with Crippen molar-refractivity contribution in [2.45, 2.75) is 12.5 Å². The molecular weight excluding hydrogens is 316 g/mol. The zero-order valence-corrected chi connectivity index (χ0v) is 14.6. The van der Waals surface area contributed by atoms with E-state index in [2.05, 4.69) is 5.32 Å². The highest BCUT2D eigenvalue weighted by Crippen LogP contribution is 2.27. The Morgan fingerprint density at radius 1 is 1.16 bits per heavy atom. The van der Waals surface area contributed by atoms with Gasteiger partial charge in [0.15, 0.2) is 0 Å². The Morgan fingerprint density at radius 2 is 1.84 bits per heavy atom. The van der Waals surface area contributed by atoms with E-state index >= 15 is 0 Å². The number of carbonyl (C=O) groups is 1. The van der Waals surface area contributed by atoms with Gasteiger partial charge >= 0.3 is 0 Å². The van der Waals surface area contributed by atoms with Crippen molar-refractivity contribution in [2.24, 2.45) is 0 Å². The quantitative estimate of drug-likeness (QED) is 0.750. The minimum Gasteiger partial charge on any atom is -0.458 e. The van der Waals surface area contributed by atoms with Crippen LogP contribution in [0.1, 0.15) is 23.0 Å². The van der Waals surface area contributed by atoms with Crippen molar-refractivity contribution in [3.63, 3.8) is 0 Å². The average Bonchev–Trinajstić information content (AvgIpc) is 3.05. The van der Waals surface area contributed by atoms with Crippen LogP contribution < -0.4 is 10.2 Å². The molecule has 25 heavy (non-hydrogen) atoms. The van der Waals surface area contributed by atoms with Crippen molar-refractivity contribution in [2.75, 3.05) is 25.5 Å². The molecule has 0 spiro atoms. The number of nitrogens with one attached hydrogen (secondary N) is 1. The lowest BCUT2D eigenvalue weighted by molar-refractivity contribution is 0.0344. The maximum Gasteiger partial charge on any atom is 0.251 e. The summed E-state index contributed by atoms with van der Waals surface area (Å²) in [5, 5.41) is 14.4. The summed E-state index contributed by atoms with van der Waals surface area (Å²) in [6.07, 6.45) is 0. The van der Waals surface area contributed by atoms with Crippen LogP contribution in [0.2, 0.25) is 0 Å². The van der Waals surface area contributed by atoms with Gasteiger partial charge in [-0.2, -0.15) is 0 Å². The number of rotatable bonds is 5. The van der Waals surface area contributed by atoms with Gasteiger partial charge in [-0.05, 0) is 43.3 Å². The largest absolute Gasteiger partial charge is 0.458 e.